The van der Waals surface area contributed by atoms with Crippen molar-refractivity contribution in [3.8, 4) is 17.0 Å². The lowest BCUT2D eigenvalue weighted by molar-refractivity contribution is 0.122. The molecule has 0 atom stereocenters. The Morgan fingerprint density at radius 1 is 1.10 bits per heavy atom. The lowest BCUT2D eigenvalue weighted by Crippen LogP contribution is -2.38. The van der Waals surface area contributed by atoms with E-state index in [9.17, 15) is 0 Å². The number of aromatic nitrogens is 4. The number of rotatable bonds is 6. The molecular weight excluding hydrogens is 392 g/mol. The quantitative estimate of drug-likeness (QED) is 0.650. The third-order valence-electron chi connectivity index (χ3n) is 5.44. The maximum Gasteiger partial charge on any atom is 0.230 e. The molecule has 1 aliphatic heterocycles. The number of pyridine rings is 1. The topological polar surface area (TPSA) is 99.3 Å². The first kappa shape index (κ1) is 21.0. The highest BCUT2D eigenvalue weighted by Crippen LogP contribution is 2.32. The van der Waals surface area contributed by atoms with Crippen LogP contribution in [0.2, 0.25) is 0 Å². The summed E-state index contributed by atoms with van der Waals surface area (Å²) in [6, 6.07) is 12.3. The van der Waals surface area contributed by atoms with Crippen LogP contribution in [0.25, 0.3) is 11.1 Å². The maximum absolute atomic E-state index is 6.07. The number of methoxy groups -OCH3 is 1. The Labute approximate surface area is 182 Å². The molecule has 8 nitrogen and oxygen atoms in total. The third kappa shape index (κ3) is 4.74. The molecule has 4 rings (SSSR count). The first-order chi connectivity index (χ1) is 15.0. The second kappa shape index (κ2) is 8.85. The van der Waals surface area contributed by atoms with Gasteiger partial charge in [-0.15, -0.1) is 0 Å². The lowest BCUT2D eigenvalue weighted by atomic mass is 9.82. The second-order valence-corrected chi connectivity index (χ2v) is 8.22. The number of ether oxygens (including phenoxy) is 2. The highest BCUT2D eigenvalue weighted by Gasteiger charge is 2.28. The van der Waals surface area contributed by atoms with Crippen LogP contribution in [-0.2, 0) is 16.6 Å². The van der Waals surface area contributed by atoms with Gasteiger partial charge in [-0.3, -0.25) is 0 Å². The number of benzene rings is 1. The van der Waals surface area contributed by atoms with E-state index in [0.29, 0.717) is 30.9 Å². The molecule has 3 aromatic rings. The Morgan fingerprint density at radius 3 is 2.65 bits per heavy atom. The standard InChI is InChI=1S/C23H28N6O2/c1-23(2,20-26-21(24)28-22(27-20)29-10-12-31-13-11-29)15-17-6-4-5-7-18(17)16-8-9-25-19(14-16)30-3/h4-9,14H,10-13,15H2,1-3H3,(H2,24,26,27,28). The van der Waals surface area contributed by atoms with Crippen molar-refractivity contribution in [3.05, 3.63) is 54.0 Å². The van der Waals surface area contributed by atoms with Gasteiger partial charge in [-0.25, -0.2) is 4.98 Å². The summed E-state index contributed by atoms with van der Waals surface area (Å²) in [6.07, 6.45) is 2.50. The van der Waals surface area contributed by atoms with Gasteiger partial charge in [0.05, 0.1) is 20.3 Å². The molecule has 0 spiro atoms. The predicted octanol–water partition coefficient (Wildman–Crippen LogP) is 2.88. The molecule has 1 aromatic carbocycles. The smallest absolute Gasteiger partial charge is 0.230 e. The summed E-state index contributed by atoms with van der Waals surface area (Å²) < 4.78 is 10.7. The van der Waals surface area contributed by atoms with E-state index >= 15 is 0 Å². The Balaban J connectivity index is 1.66. The molecule has 2 N–H and O–H groups in total. The Hall–Kier alpha value is -3.26. The molecule has 0 radical (unpaired) electrons. The van der Waals surface area contributed by atoms with Crippen LogP contribution in [0.1, 0.15) is 25.2 Å². The average Bonchev–Trinajstić information content (AvgIpc) is 2.79. The van der Waals surface area contributed by atoms with E-state index in [1.807, 2.05) is 24.3 Å². The summed E-state index contributed by atoms with van der Waals surface area (Å²) in [7, 11) is 1.62. The molecule has 8 heteroatoms. The van der Waals surface area contributed by atoms with Crippen LogP contribution in [-0.4, -0.2) is 53.3 Å². The minimum absolute atomic E-state index is 0.242. The molecule has 162 valence electrons. The predicted molar refractivity (Wildman–Crippen MR) is 120 cm³/mol. The van der Waals surface area contributed by atoms with Gasteiger partial charge in [0.15, 0.2) is 0 Å². The van der Waals surface area contributed by atoms with Crippen molar-refractivity contribution in [1.82, 2.24) is 19.9 Å². The zero-order valence-electron chi connectivity index (χ0n) is 18.2. The van der Waals surface area contributed by atoms with Gasteiger partial charge in [-0.1, -0.05) is 38.1 Å². The van der Waals surface area contributed by atoms with Crippen molar-refractivity contribution in [3.63, 3.8) is 0 Å². The van der Waals surface area contributed by atoms with E-state index in [2.05, 4.69) is 45.8 Å². The van der Waals surface area contributed by atoms with Gasteiger partial charge in [0.2, 0.25) is 17.8 Å². The Morgan fingerprint density at radius 2 is 1.87 bits per heavy atom. The van der Waals surface area contributed by atoms with Crippen LogP contribution in [0.3, 0.4) is 0 Å². The van der Waals surface area contributed by atoms with E-state index in [1.54, 1.807) is 13.3 Å². The summed E-state index contributed by atoms with van der Waals surface area (Å²) in [5.41, 5.74) is 9.09. The highest BCUT2D eigenvalue weighted by atomic mass is 16.5. The fourth-order valence-corrected chi connectivity index (χ4v) is 3.79. The first-order valence-corrected chi connectivity index (χ1v) is 10.4. The van der Waals surface area contributed by atoms with Gasteiger partial charge in [0.1, 0.15) is 5.82 Å². The van der Waals surface area contributed by atoms with E-state index < -0.39 is 0 Å². The molecule has 0 unspecified atom stereocenters. The van der Waals surface area contributed by atoms with Crippen LogP contribution in [0.4, 0.5) is 11.9 Å². The van der Waals surface area contributed by atoms with E-state index in [-0.39, 0.29) is 11.4 Å². The number of nitrogens with two attached hydrogens (primary N) is 1. The third-order valence-corrected chi connectivity index (χ3v) is 5.44. The molecule has 0 amide bonds. The maximum atomic E-state index is 6.07. The molecule has 1 saturated heterocycles. The number of nitrogen functional groups attached to an aromatic ring is 1. The van der Waals surface area contributed by atoms with Crippen molar-refractivity contribution in [2.75, 3.05) is 44.0 Å². The molecule has 3 heterocycles. The van der Waals surface area contributed by atoms with E-state index in [4.69, 9.17) is 20.2 Å². The lowest BCUT2D eigenvalue weighted by Gasteiger charge is -2.29. The molecule has 31 heavy (non-hydrogen) atoms. The summed E-state index contributed by atoms with van der Waals surface area (Å²) in [4.78, 5) is 20.0. The van der Waals surface area contributed by atoms with Crippen molar-refractivity contribution < 1.29 is 9.47 Å². The normalized spacial score (nSPS) is 14.5. The zero-order chi connectivity index (χ0) is 21.8. The van der Waals surface area contributed by atoms with Crippen LogP contribution >= 0.6 is 0 Å². The summed E-state index contributed by atoms with van der Waals surface area (Å²) in [6.45, 7) is 7.08. The van der Waals surface area contributed by atoms with Gasteiger partial charge in [-0.2, -0.15) is 15.0 Å². The van der Waals surface area contributed by atoms with Crippen LogP contribution in [0, 0.1) is 0 Å². The largest absolute Gasteiger partial charge is 0.481 e. The molecule has 2 aromatic heterocycles. The molecule has 1 aliphatic rings. The number of hydrogen-bond acceptors (Lipinski definition) is 8. The Kier molecular flexibility index (Phi) is 5.99. The van der Waals surface area contributed by atoms with Gasteiger partial charge in [0, 0.05) is 30.8 Å². The van der Waals surface area contributed by atoms with Gasteiger partial charge >= 0.3 is 0 Å². The van der Waals surface area contributed by atoms with Crippen LogP contribution in [0.5, 0.6) is 5.88 Å². The number of morpholine rings is 1. The Bertz CT molecular complexity index is 1050. The minimum atomic E-state index is -0.356. The van der Waals surface area contributed by atoms with Crippen molar-refractivity contribution in [2.45, 2.75) is 25.7 Å². The number of hydrogen-bond donors (Lipinski definition) is 1. The molecule has 0 aliphatic carbocycles. The fourth-order valence-electron chi connectivity index (χ4n) is 3.79. The summed E-state index contributed by atoms with van der Waals surface area (Å²) in [5.74, 6) is 2.13. The molecule has 0 saturated carbocycles. The van der Waals surface area contributed by atoms with E-state index in [0.717, 1.165) is 30.6 Å². The summed E-state index contributed by atoms with van der Waals surface area (Å²) in [5, 5.41) is 0. The monoisotopic (exact) mass is 420 g/mol. The van der Waals surface area contributed by atoms with Crippen molar-refractivity contribution in [2.24, 2.45) is 0 Å². The van der Waals surface area contributed by atoms with E-state index in [1.165, 1.54) is 5.56 Å². The highest BCUT2D eigenvalue weighted by molar-refractivity contribution is 5.68. The van der Waals surface area contributed by atoms with Gasteiger partial charge in [-0.05, 0) is 29.2 Å². The SMILES string of the molecule is COc1cc(-c2ccccc2CC(C)(C)c2nc(N)nc(N3CCOCC3)n2)ccn1. The van der Waals surface area contributed by atoms with Crippen LogP contribution < -0.4 is 15.4 Å². The first-order valence-electron chi connectivity index (χ1n) is 10.4. The van der Waals surface area contributed by atoms with Crippen LogP contribution in [0.15, 0.2) is 42.6 Å². The molecule has 1 fully saturated rings. The second-order valence-electron chi connectivity index (χ2n) is 8.22. The fraction of sp³-hybridized carbons (Fsp3) is 0.391. The van der Waals surface area contributed by atoms with Crippen molar-refractivity contribution >= 4 is 11.9 Å². The van der Waals surface area contributed by atoms with Crippen molar-refractivity contribution in [1.29, 1.82) is 0 Å². The number of anilines is 2. The molecule has 0 bridgehead atoms. The zero-order valence-corrected chi connectivity index (χ0v) is 18.2. The number of nitrogens with zero attached hydrogens (tertiary/aromatic N) is 5. The average molecular weight is 421 g/mol. The minimum Gasteiger partial charge on any atom is -0.481 e. The molecular formula is C23H28N6O2. The summed E-state index contributed by atoms with van der Waals surface area (Å²) >= 11 is 0. The van der Waals surface area contributed by atoms with Gasteiger partial charge < -0.3 is 20.1 Å². The van der Waals surface area contributed by atoms with Gasteiger partial charge in [0.25, 0.3) is 0 Å².